The van der Waals surface area contributed by atoms with Crippen LogP contribution < -0.4 is 10.6 Å². The van der Waals surface area contributed by atoms with Gasteiger partial charge in [0.2, 0.25) is 5.91 Å². The molecule has 2 amide bonds. The van der Waals surface area contributed by atoms with Crippen molar-refractivity contribution in [2.45, 2.75) is 18.9 Å². The number of aromatic nitrogens is 1. The Morgan fingerprint density at radius 3 is 2.92 bits per heavy atom. The molecule has 1 aliphatic heterocycles. The first kappa shape index (κ1) is 18.3. The molecule has 1 unspecified atom stereocenters. The lowest BCUT2D eigenvalue weighted by Crippen LogP contribution is -2.45. The van der Waals surface area contributed by atoms with Crippen molar-refractivity contribution in [3.05, 3.63) is 58.6 Å². The van der Waals surface area contributed by atoms with Gasteiger partial charge in [0.15, 0.2) is 0 Å². The van der Waals surface area contributed by atoms with E-state index in [1.165, 1.54) is 30.5 Å². The third-order valence-corrected chi connectivity index (χ3v) is 4.28. The topological polar surface area (TPSA) is 80.3 Å². The second-order valence-corrected chi connectivity index (χ2v) is 6.63. The molecule has 1 aromatic carbocycles. The smallest absolute Gasteiger partial charge is 0.274 e. The Bertz CT molecular complexity index is 844. The second kappa shape index (κ2) is 7.39. The zero-order valence-electron chi connectivity index (χ0n) is 14.0. The molecule has 2 aromatic rings. The van der Waals surface area contributed by atoms with Crippen LogP contribution in [-0.4, -0.2) is 30.0 Å². The predicted molar refractivity (Wildman–Crippen MR) is 94.5 cm³/mol. The lowest BCUT2D eigenvalue weighted by atomic mass is 9.91. The second-order valence-electron chi connectivity index (χ2n) is 6.19. The van der Waals surface area contributed by atoms with Crippen LogP contribution in [0.15, 0.2) is 36.5 Å². The lowest BCUT2D eigenvalue weighted by molar-refractivity contribution is -0.122. The number of pyridine rings is 1. The fraction of sp³-hybridized carbons (Fsp3) is 0.278. The summed E-state index contributed by atoms with van der Waals surface area (Å²) in [6.45, 7) is 2.09. The number of halogens is 2. The molecule has 2 N–H and O–H groups in total. The lowest BCUT2D eigenvalue weighted by Gasteiger charge is -2.29. The number of hydrogen-bond acceptors (Lipinski definition) is 4. The Morgan fingerprint density at radius 1 is 1.38 bits per heavy atom. The number of nitrogens with zero attached hydrogens (tertiary/aromatic N) is 1. The monoisotopic (exact) mass is 377 g/mol. The zero-order chi connectivity index (χ0) is 18.7. The van der Waals surface area contributed by atoms with Crippen LogP contribution in [0.2, 0.25) is 5.02 Å². The minimum Gasteiger partial charge on any atom is -0.378 e. The normalized spacial score (nSPS) is 20.2. The van der Waals surface area contributed by atoms with Crippen molar-refractivity contribution in [1.82, 2.24) is 10.3 Å². The zero-order valence-corrected chi connectivity index (χ0v) is 14.8. The molecule has 1 aliphatic rings. The molecule has 136 valence electrons. The van der Waals surface area contributed by atoms with Crippen molar-refractivity contribution in [2.75, 3.05) is 18.5 Å². The SMILES string of the molecule is CC1(c2cc(NC(=O)c3ccc(Cl)cn3)ccc2F)COCCC(=O)N1. The highest BCUT2D eigenvalue weighted by atomic mass is 35.5. The van der Waals surface area contributed by atoms with Crippen molar-refractivity contribution in [3.63, 3.8) is 0 Å². The fourth-order valence-corrected chi connectivity index (χ4v) is 2.84. The van der Waals surface area contributed by atoms with Crippen molar-refractivity contribution >= 4 is 29.1 Å². The van der Waals surface area contributed by atoms with Crippen LogP contribution in [-0.2, 0) is 15.1 Å². The molecule has 0 aliphatic carbocycles. The number of rotatable bonds is 3. The maximum atomic E-state index is 14.4. The molecule has 6 nitrogen and oxygen atoms in total. The Morgan fingerprint density at radius 2 is 2.19 bits per heavy atom. The number of carbonyl (C=O) groups is 2. The predicted octanol–water partition coefficient (Wildman–Crippen LogP) is 2.88. The number of ether oxygens (including phenoxy) is 1. The van der Waals surface area contributed by atoms with Crippen molar-refractivity contribution < 1.29 is 18.7 Å². The van der Waals surface area contributed by atoms with Gasteiger partial charge in [-0.05, 0) is 37.3 Å². The van der Waals surface area contributed by atoms with E-state index in [0.29, 0.717) is 10.7 Å². The molecular formula is C18H17ClFN3O3. The van der Waals surface area contributed by atoms with Gasteiger partial charge >= 0.3 is 0 Å². The largest absolute Gasteiger partial charge is 0.378 e. The van der Waals surface area contributed by atoms with E-state index >= 15 is 0 Å². The molecular weight excluding hydrogens is 361 g/mol. The first-order valence-corrected chi connectivity index (χ1v) is 8.37. The summed E-state index contributed by atoms with van der Waals surface area (Å²) < 4.78 is 19.8. The number of anilines is 1. The minimum atomic E-state index is -1.03. The van der Waals surface area contributed by atoms with E-state index in [1.54, 1.807) is 13.0 Å². The van der Waals surface area contributed by atoms with Gasteiger partial charge in [-0.1, -0.05) is 11.6 Å². The molecule has 0 radical (unpaired) electrons. The van der Waals surface area contributed by atoms with Gasteiger partial charge in [-0.3, -0.25) is 9.59 Å². The van der Waals surface area contributed by atoms with Crippen LogP contribution in [0.4, 0.5) is 10.1 Å². The minimum absolute atomic E-state index is 0.131. The highest BCUT2D eigenvalue weighted by Crippen LogP contribution is 2.28. The average Bonchev–Trinajstić information content (AvgIpc) is 2.78. The molecule has 0 spiro atoms. The molecule has 0 bridgehead atoms. The van der Waals surface area contributed by atoms with Gasteiger partial charge in [-0.25, -0.2) is 9.37 Å². The third-order valence-electron chi connectivity index (χ3n) is 4.06. The van der Waals surface area contributed by atoms with Crippen molar-refractivity contribution in [1.29, 1.82) is 0 Å². The highest BCUT2D eigenvalue weighted by molar-refractivity contribution is 6.30. The summed E-state index contributed by atoms with van der Waals surface area (Å²) in [6, 6.07) is 7.21. The molecule has 1 atom stereocenters. The molecule has 1 fully saturated rings. The van der Waals surface area contributed by atoms with E-state index in [2.05, 4.69) is 15.6 Å². The average molecular weight is 378 g/mol. The Labute approximate surface area is 154 Å². The summed E-state index contributed by atoms with van der Waals surface area (Å²) in [4.78, 5) is 28.1. The van der Waals surface area contributed by atoms with Crippen LogP contribution in [0.1, 0.15) is 29.4 Å². The first-order chi connectivity index (χ1) is 12.4. The van der Waals surface area contributed by atoms with Crippen molar-refractivity contribution in [3.8, 4) is 0 Å². The summed E-state index contributed by atoms with van der Waals surface area (Å²) in [6.07, 6.45) is 1.59. The number of benzene rings is 1. The molecule has 2 heterocycles. The van der Waals surface area contributed by atoms with E-state index in [0.717, 1.165) is 0 Å². The van der Waals surface area contributed by atoms with Crippen LogP contribution in [0.3, 0.4) is 0 Å². The maximum absolute atomic E-state index is 14.4. The van der Waals surface area contributed by atoms with E-state index in [-0.39, 0.29) is 36.8 Å². The van der Waals surface area contributed by atoms with E-state index < -0.39 is 17.3 Å². The maximum Gasteiger partial charge on any atom is 0.274 e. The summed E-state index contributed by atoms with van der Waals surface area (Å²) in [5, 5.41) is 5.87. The van der Waals surface area contributed by atoms with Crippen LogP contribution in [0.25, 0.3) is 0 Å². The molecule has 1 saturated heterocycles. The van der Waals surface area contributed by atoms with Gasteiger partial charge in [0, 0.05) is 23.9 Å². The highest BCUT2D eigenvalue weighted by Gasteiger charge is 2.34. The van der Waals surface area contributed by atoms with E-state index in [9.17, 15) is 14.0 Å². The Kier molecular flexibility index (Phi) is 5.20. The molecule has 0 saturated carbocycles. The van der Waals surface area contributed by atoms with E-state index in [1.807, 2.05) is 0 Å². The standard InChI is InChI=1S/C18H17ClFN3O3/c1-18(10-26-7-6-16(24)23-18)13-8-12(3-4-14(13)20)22-17(25)15-5-2-11(19)9-21-15/h2-5,8-9H,6-7,10H2,1H3,(H,22,25)(H,23,24). The quantitative estimate of drug-likeness (QED) is 0.861. The van der Waals surface area contributed by atoms with Crippen LogP contribution in [0.5, 0.6) is 0 Å². The molecule has 3 rings (SSSR count). The van der Waals surface area contributed by atoms with Gasteiger partial charge in [-0.2, -0.15) is 0 Å². The van der Waals surface area contributed by atoms with Gasteiger partial charge < -0.3 is 15.4 Å². The number of hydrogen-bond donors (Lipinski definition) is 2. The molecule has 26 heavy (non-hydrogen) atoms. The number of nitrogens with one attached hydrogen (secondary N) is 2. The summed E-state index contributed by atoms with van der Waals surface area (Å²) in [5.74, 6) is -1.17. The van der Waals surface area contributed by atoms with Crippen LogP contribution >= 0.6 is 11.6 Å². The molecule has 1 aromatic heterocycles. The fourth-order valence-electron chi connectivity index (χ4n) is 2.72. The Balaban J connectivity index is 1.86. The molecule has 8 heteroatoms. The van der Waals surface area contributed by atoms with Crippen molar-refractivity contribution in [2.24, 2.45) is 0 Å². The van der Waals surface area contributed by atoms with Crippen LogP contribution in [0, 0.1) is 5.82 Å². The number of carbonyl (C=O) groups excluding carboxylic acids is 2. The summed E-state index contributed by atoms with van der Waals surface area (Å²) in [5.41, 5.74) is -0.244. The summed E-state index contributed by atoms with van der Waals surface area (Å²) in [7, 11) is 0. The van der Waals surface area contributed by atoms with Gasteiger partial charge in [-0.15, -0.1) is 0 Å². The Hall–Kier alpha value is -2.51. The third kappa shape index (κ3) is 4.00. The summed E-state index contributed by atoms with van der Waals surface area (Å²) >= 11 is 5.76. The van der Waals surface area contributed by atoms with Gasteiger partial charge in [0.1, 0.15) is 11.5 Å². The van der Waals surface area contributed by atoms with E-state index in [4.69, 9.17) is 16.3 Å². The van der Waals surface area contributed by atoms with Gasteiger partial charge in [0.05, 0.1) is 23.8 Å². The number of amides is 2. The van der Waals surface area contributed by atoms with Gasteiger partial charge in [0.25, 0.3) is 5.91 Å². The first-order valence-electron chi connectivity index (χ1n) is 7.99.